The summed E-state index contributed by atoms with van der Waals surface area (Å²) >= 11 is 0. The lowest BCUT2D eigenvalue weighted by atomic mass is 9.92. The minimum atomic E-state index is 0.648. The Kier molecular flexibility index (Phi) is 8.13. The Morgan fingerprint density at radius 1 is 0.279 bits per heavy atom. The van der Waals surface area contributed by atoms with E-state index in [0.29, 0.717) is 17.5 Å². The van der Waals surface area contributed by atoms with E-state index in [2.05, 4.69) is 152 Å². The second-order valence-electron chi connectivity index (χ2n) is 15.6. The van der Waals surface area contributed by atoms with Gasteiger partial charge in [-0.2, -0.15) is 0 Å². The molecule has 0 atom stereocenters. The third-order valence-electron chi connectivity index (χ3n) is 11.9. The van der Waals surface area contributed by atoms with E-state index in [-0.39, 0.29) is 0 Å². The van der Waals surface area contributed by atoms with Crippen LogP contribution in [0, 0.1) is 0 Å². The van der Waals surface area contributed by atoms with E-state index < -0.39 is 0 Å². The molecule has 0 amide bonds. The van der Waals surface area contributed by atoms with Gasteiger partial charge in [0, 0.05) is 32.8 Å². The molecule has 0 aliphatic rings. The molecule has 0 aliphatic carbocycles. The molecule has 0 bridgehead atoms. The Hall–Kier alpha value is -8.21. The van der Waals surface area contributed by atoms with Crippen LogP contribution in [0.25, 0.3) is 122 Å². The number of nitrogens with zero attached hydrogens (tertiary/aromatic N) is 3. The van der Waals surface area contributed by atoms with Gasteiger partial charge in [-0.25, -0.2) is 15.0 Å². The van der Waals surface area contributed by atoms with Gasteiger partial charge in [-0.05, 0) is 96.7 Å². The zero-order valence-corrected chi connectivity index (χ0v) is 33.0. The van der Waals surface area contributed by atoms with Crippen molar-refractivity contribution >= 4 is 54.3 Å². The summed E-state index contributed by atoms with van der Waals surface area (Å²) in [7, 11) is 0. The first-order valence-corrected chi connectivity index (χ1v) is 20.6. The number of benzene rings is 10. The molecule has 12 aromatic rings. The van der Waals surface area contributed by atoms with Crippen molar-refractivity contribution in [3.63, 3.8) is 0 Å². The molecule has 61 heavy (non-hydrogen) atoms. The van der Waals surface area contributed by atoms with Crippen LogP contribution in [0.15, 0.2) is 217 Å². The molecular formula is C57H35N3O. The quantitative estimate of drug-likeness (QED) is 0.169. The first kappa shape index (κ1) is 34.8. The number of aromatic nitrogens is 3. The number of fused-ring (bicyclic) bond motifs is 7. The van der Waals surface area contributed by atoms with Gasteiger partial charge in [0.15, 0.2) is 17.5 Å². The topological polar surface area (TPSA) is 51.8 Å². The zero-order valence-electron chi connectivity index (χ0n) is 33.0. The average molecular weight is 778 g/mol. The molecule has 4 nitrogen and oxygen atoms in total. The second kappa shape index (κ2) is 14.3. The van der Waals surface area contributed by atoms with Crippen LogP contribution in [0.1, 0.15) is 0 Å². The lowest BCUT2D eigenvalue weighted by Crippen LogP contribution is -2.00. The molecule has 2 aromatic heterocycles. The van der Waals surface area contributed by atoms with Crippen molar-refractivity contribution in [2.75, 3.05) is 0 Å². The molecular weight excluding hydrogens is 743 g/mol. The largest absolute Gasteiger partial charge is 0.455 e. The summed E-state index contributed by atoms with van der Waals surface area (Å²) in [6.07, 6.45) is 0. The molecule has 0 aliphatic heterocycles. The Bertz CT molecular complexity index is 3580. The normalized spacial score (nSPS) is 11.6. The molecule has 12 rings (SSSR count). The van der Waals surface area contributed by atoms with Crippen LogP contribution in [0.2, 0.25) is 0 Å². The number of furan rings is 1. The van der Waals surface area contributed by atoms with Gasteiger partial charge in [0.25, 0.3) is 0 Å². The van der Waals surface area contributed by atoms with Crippen molar-refractivity contribution in [1.29, 1.82) is 0 Å². The van der Waals surface area contributed by atoms with E-state index in [4.69, 9.17) is 19.4 Å². The van der Waals surface area contributed by atoms with E-state index in [1.807, 2.05) is 60.7 Å². The summed E-state index contributed by atoms with van der Waals surface area (Å²) in [6, 6.07) is 74.8. The predicted molar refractivity (Wildman–Crippen MR) is 252 cm³/mol. The van der Waals surface area contributed by atoms with Gasteiger partial charge in [0.2, 0.25) is 0 Å². The highest BCUT2D eigenvalue weighted by Gasteiger charge is 2.18. The molecule has 0 spiro atoms. The van der Waals surface area contributed by atoms with Crippen LogP contribution >= 0.6 is 0 Å². The highest BCUT2D eigenvalue weighted by Crippen LogP contribution is 2.43. The van der Waals surface area contributed by atoms with Gasteiger partial charge in [-0.3, -0.25) is 0 Å². The highest BCUT2D eigenvalue weighted by atomic mass is 16.3. The Labute approximate surface area is 352 Å². The average Bonchev–Trinajstić information content (AvgIpc) is 3.73. The Morgan fingerprint density at radius 2 is 0.738 bits per heavy atom. The maximum atomic E-state index is 6.66. The van der Waals surface area contributed by atoms with Gasteiger partial charge in [0.1, 0.15) is 11.2 Å². The fraction of sp³-hybridized carbons (Fsp3) is 0. The monoisotopic (exact) mass is 777 g/mol. The smallest absolute Gasteiger partial charge is 0.164 e. The summed E-state index contributed by atoms with van der Waals surface area (Å²) in [5, 5.41) is 9.24. The van der Waals surface area contributed by atoms with Crippen molar-refractivity contribution in [2.45, 2.75) is 0 Å². The molecule has 0 unspecified atom stereocenters. The van der Waals surface area contributed by atoms with Gasteiger partial charge < -0.3 is 4.42 Å². The van der Waals surface area contributed by atoms with Gasteiger partial charge in [0.05, 0.1) is 0 Å². The summed E-state index contributed by atoms with van der Waals surface area (Å²) < 4.78 is 6.66. The van der Waals surface area contributed by atoms with Crippen LogP contribution in [-0.2, 0) is 0 Å². The van der Waals surface area contributed by atoms with Crippen LogP contribution in [0.5, 0.6) is 0 Å². The van der Waals surface area contributed by atoms with Gasteiger partial charge >= 0.3 is 0 Å². The lowest BCUT2D eigenvalue weighted by Gasteiger charge is -2.11. The van der Waals surface area contributed by atoms with E-state index in [1.165, 1.54) is 38.4 Å². The van der Waals surface area contributed by atoms with Gasteiger partial charge in [-0.15, -0.1) is 0 Å². The first-order chi connectivity index (χ1) is 30.2. The van der Waals surface area contributed by atoms with E-state index in [0.717, 1.165) is 65.9 Å². The maximum absolute atomic E-state index is 6.66. The fourth-order valence-electron chi connectivity index (χ4n) is 8.84. The summed E-state index contributed by atoms with van der Waals surface area (Å²) in [4.78, 5) is 14.8. The fourth-order valence-corrected chi connectivity index (χ4v) is 8.84. The summed E-state index contributed by atoms with van der Waals surface area (Å²) in [5.41, 5.74) is 11.7. The third kappa shape index (κ3) is 6.12. The van der Waals surface area contributed by atoms with Crippen LogP contribution in [-0.4, -0.2) is 15.0 Å². The van der Waals surface area contributed by atoms with Crippen molar-refractivity contribution in [1.82, 2.24) is 15.0 Å². The van der Waals surface area contributed by atoms with Crippen LogP contribution in [0.3, 0.4) is 0 Å². The van der Waals surface area contributed by atoms with Crippen molar-refractivity contribution < 1.29 is 4.42 Å². The van der Waals surface area contributed by atoms with Crippen molar-refractivity contribution in [3.8, 4) is 67.5 Å². The molecule has 0 saturated heterocycles. The molecule has 0 fully saturated rings. The minimum absolute atomic E-state index is 0.648. The van der Waals surface area contributed by atoms with E-state index in [9.17, 15) is 0 Å². The van der Waals surface area contributed by atoms with Crippen LogP contribution in [0.4, 0.5) is 0 Å². The SMILES string of the molecule is c1ccc(-c2nc(-c3ccccc3)nc(-c3ccc4cc(-c5ccc6cc(-c7cccc8oc9c%10ccccc%10c(-c%10ccccc%10)cc9c78)ccc6c5)ccc4c3)n2)cc1. The predicted octanol–water partition coefficient (Wildman–Crippen LogP) is 15.2. The molecule has 0 N–H and O–H groups in total. The summed E-state index contributed by atoms with van der Waals surface area (Å²) in [5.74, 6) is 1.96. The molecule has 4 heteroatoms. The molecule has 284 valence electrons. The van der Waals surface area contributed by atoms with Gasteiger partial charge in [-0.1, -0.05) is 176 Å². The first-order valence-electron chi connectivity index (χ1n) is 20.6. The molecule has 2 heterocycles. The van der Waals surface area contributed by atoms with Crippen molar-refractivity contribution in [2.24, 2.45) is 0 Å². The van der Waals surface area contributed by atoms with Crippen LogP contribution < -0.4 is 0 Å². The van der Waals surface area contributed by atoms with E-state index >= 15 is 0 Å². The van der Waals surface area contributed by atoms with Crippen molar-refractivity contribution in [3.05, 3.63) is 212 Å². The molecule has 0 saturated carbocycles. The Balaban J connectivity index is 0.896. The van der Waals surface area contributed by atoms with E-state index in [1.54, 1.807) is 0 Å². The molecule has 10 aromatic carbocycles. The third-order valence-corrected chi connectivity index (χ3v) is 11.9. The number of hydrogen-bond acceptors (Lipinski definition) is 4. The summed E-state index contributed by atoms with van der Waals surface area (Å²) in [6.45, 7) is 0. The second-order valence-corrected chi connectivity index (χ2v) is 15.6. The standard InChI is InChI=1S/C57H35N3O/c1-4-13-36(14-5-1)50-35-51-53-47(21-12-22-52(53)61-54(51)49-20-11-10-19-48(49)50)45-29-27-41-31-39(23-25-43(41)33-45)40-24-26-44-34-46(30-28-42(44)32-40)57-59-55(37-15-6-2-7-16-37)58-56(60-57)38-17-8-3-9-18-38/h1-35H. The maximum Gasteiger partial charge on any atom is 0.164 e. The lowest BCUT2D eigenvalue weighted by molar-refractivity contribution is 0.673. The zero-order chi connectivity index (χ0) is 40.3. The molecule has 0 radical (unpaired) electrons. The Morgan fingerprint density at radius 3 is 1.33 bits per heavy atom. The number of rotatable bonds is 6. The number of hydrogen-bond donors (Lipinski definition) is 0. The highest BCUT2D eigenvalue weighted by molar-refractivity contribution is 6.22. The minimum Gasteiger partial charge on any atom is -0.455 e.